The Labute approximate surface area is 153 Å². The number of halogens is 1. The normalized spacial score (nSPS) is 10.8. The zero-order valence-corrected chi connectivity index (χ0v) is 15.8. The van der Waals surface area contributed by atoms with Crippen molar-refractivity contribution in [2.24, 2.45) is 5.10 Å². The fourth-order valence-corrected chi connectivity index (χ4v) is 3.31. The third kappa shape index (κ3) is 5.90. The number of carbonyl (C=O) groups excluding carboxylic acids is 2. The molecule has 2 aromatic rings. The van der Waals surface area contributed by atoms with Gasteiger partial charge in [-0.05, 0) is 53.5 Å². The average Bonchev–Trinajstić information content (AvgIpc) is 2.93. The van der Waals surface area contributed by atoms with Gasteiger partial charge in [0.1, 0.15) is 0 Å². The number of hydrogen-bond donors (Lipinski definition) is 2. The molecule has 0 saturated carbocycles. The average molecular weight is 408 g/mol. The summed E-state index contributed by atoms with van der Waals surface area (Å²) in [4.78, 5) is 24.5. The van der Waals surface area contributed by atoms with E-state index in [0.29, 0.717) is 0 Å². The van der Waals surface area contributed by atoms with E-state index in [0.717, 1.165) is 25.5 Å². The Morgan fingerprint density at radius 3 is 2.58 bits per heavy atom. The van der Waals surface area contributed by atoms with E-state index in [-0.39, 0.29) is 24.7 Å². The van der Waals surface area contributed by atoms with Gasteiger partial charge in [0.05, 0.1) is 10.0 Å². The van der Waals surface area contributed by atoms with Crippen LogP contribution in [0.1, 0.15) is 28.8 Å². The summed E-state index contributed by atoms with van der Waals surface area (Å²) >= 11 is 4.87. The van der Waals surface area contributed by atoms with E-state index in [4.69, 9.17) is 0 Å². The Morgan fingerprint density at radius 2 is 1.92 bits per heavy atom. The van der Waals surface area contributed by atoms with Crippen molar-refractivity contribution < 1.29 is 9.59 Å². The third-order valence-corrected chi connectivity index (χ3v) is 4.77. The second-order valence-corrected chi connectivity index (χ2v) is 7.80. The molecule has 24 heavy (non-hydrogen) atoms. The first-order valence-electron chi connectivity index (χ1n) is 7.38. The molecule has 0 atom stereocenters. The number of anilines is 1. The van der Waals surface area contributed by atoms with Crippen LogP contribution in [0.15, 0.2) is 39.2 Å². The van der Waals surface area contributed by atoms with Crippen molar-refractivity contribution in [2.45, 2.75) is 26.7 Å². The first-order valence-corrected chi connectivity index (χ1v) is 8.99. The summed E-state index contributed by atoms with van der Waals surface area (Å²) in [5, 5.41) is 6.69. The number of nitrogens with zero attached hydrogens (tertiary/aromatic N) is 1. The number of nitrogens with one attached hydrogen (secondary N) is 2. The van der Waals surface area contributed by atoms with Crippen molar-refractivity contribution in [3.05, 3.63) is 50.1 Å². The molecule has 2 N–H and O–H groups in total. The molecule has 1 aromatic carbocycles. The van der Waals surface area contributed by atoms with E-state index >= 15 is 0 Å². The summed E-state index contributed by atoms with van der Waals surface area (Å²) in [5.41, 5.74) is 5.33. The SMILES string of the molecule is Cc1ccc(NC(=O)CCC(=O)NN=Cc2ccc(Br)s2)c(C)c1. The number of rotatable bonds is 6. The molecule has 0 aliphatic carbocycles. The second kappa shape index (κ2) is 8.75. The van der Waals surface area contributed by atoms with Crippen molar-refractivity contribution in [1.82, 2.24) is 5.43 Å². The molecule has 2 rings (SSSR count). The standard InChI is InChI=1S/C17H18BrN3O2S/c1-11-3-5-14(12(2)9-11)20-16(22)7-8-17(23)21-19-10-13-4-6-15(18)24-13/h3-6,9-10H,7-8H2,1-2H3,(H,20,22)(H,21,23). The minimum absolute atomic E-state index is 0.0855. The lowest BCUT2D eigenvalue weighted by Crippen LogP contribution is -2.20. The maximum absolute atomic E-state index is 11.9. The molecule has 0 aliphatic heterocycles. The smallest absolute Gasteiger partial charge is 0.240 e. The van der Waals surface area contributed by atoms with Crippen LogP contribution < -0.4 is 10.7 Å². The number of benzene rings is 1. The molecule has 7 heteroatoms. The fraction of sp³-hybridized carbons (Fsp3) is 0.235. The monoisotopic (exact) mass is 407 g/mol. The molecule has 2 amide bonds. The van der Waals surface area contributed by atoms with Gasteiger partial charge in [-0.1, -0.05) is 17.7 Å². The summed E-state index contributed by atoms with van der Waals surface area (Å²) in [6.45, 7) is 3.94. The van der Waals surface area contributed by atoms with Gasteiger partial charge in [0.2, 0.25) is 11.8 Å². The van der Waals surface area contributed by atoms with E-state index in [1.54, 1.807) is 6.21 Å². The molecule has 1 heterocycles. The topological polar surface area (TPSA) is 70.6 Å². The zero-order valence-electron chi connectivity index (χ0n) is 13.4. The number of amides is 2. The van der Waals surface area contributed by atoms with Crippen molar-refractivity contribution in [1.29, 1.82) is 0 Å². The van der Waals surface area contributed by atoms with Crippen molar-refractivity contribution in [2.75, 3.05) is 5.32 Å². The molecule has 0 unspecified atom stereocenters. The lowest BCUT2D eigenvalue weighted by atomic mass is 10.1. The summed E-state index contributed by atoms with van der Waals surface area (Å²) in [6, 6.07) is 9.60. The van der Waals surface area contributed by atoms with Gasteiger partial charge >= 0.3 is 0 Å². The van der Waals surface area contributed by atoms with Crippen molar-refractivity contribution >= 4 is 51.0 Å². The molecule has 0 saturated heterocycles. The molecule has 5 nitrogen and oxygen atoms in total. The Hall–Kier alpha value is -1.99. The van der Waals surface area contributed by atoms with Crippen LogP contribution in [0, 0.1) is 13.8 Å². The van der Waals surface area contributed by atoms with Gasteiger partial charge in [-0.3, -0.25) is 9.59 Å². The highest BCUT2D eigenvalue weighted by atomic mass is 79.9. The lowest BCUT2D eigenvalue weighted by molar-refractivity contribution is -0.124. The van der Waals surface area contributed by atoms with Crippen LogP contribution in [0.25, 0.3) is 0 Å². The summed E-state index contributed by atoms with van der Waals surface area (Å²) in [6.07, 6.45) is 1.77. The summed E-state index contributed by atoms with van der Waals surface area (Å²) < 4.78 is 0.998. The minimum atomic E-state index is -0.294. The molecule has 0 bridgehead atoms. The predicted molar refractivity (Wildman–Crippen MR) is 102 cm³/mol. The van der Waals surface area contributed by atoms with E-state index < -0.39 is 0 Å². The largest absolute Gasteiger partial charge is 0.326 e. The van der Waals surface area contributed by atoms with Crippen molar-refractivity contribution in [3.8, 4) is 0 Å². The van der Waals surface area contributed by atoms with Crippen LogP contribution in [0.4, 0.5) is 5.69 Å². The Morgan fingerprint density at radius 1 is 1.17 bits per heavy atom. The van der Waals surface area contributed by atoms with Gasteiger partial charge < -0.3 is 5.32 Å². The van der Waals surface area contributed by atoms with E-state index in [1.165, 1.54) is 11.3 Å². The number of aryl methyl sites for hydroxylation is 2. The molecular weight excluding hydrogens is 390 g/mol. The molecule has 126 valence electrons. The van der Waals surface area contributed by atoms with Crippen molar-refractivity contribution in [3.63, 3.8) is 0 Å². The number of hydrogen-bond acceptors (Lipinski definition) is 4. The number of hydrazone groups is 1. The highest BCUT2D eigenvalue weighted by Gasteiger charge is 2.08. The maximum Gasteiger partial charge on any atom is 0.240 e. The Kier molecular flexibility index (Phi) is 6.69. The van der Waals surface area contributed by atoms with E-state index in [2.05, 4.69) is 31.8 Å². The molecule has 1 aromatic heterocycles. The lowest BCUT2D eigenvalue weighted by Gasteiger charge is -2.08. The number of thiophene rings is 1. The first-order chi connectivity index (χ1) is 11.4. The quantitative estimate of drug-likeness (QED) is 0.561. The van der Waals surface area contributed by atoms with Crippen LogP contribution in [0.3, 0.4) is 0 Å². The van der Waals surface area contributed by atoms with Crippen LogP contribution in [0.2, 0.25) is 0 Å². The van der Waals surface area contributed by atoms with Gasteiger partial charge in [-0.2, -0.15) is 5.10 Å². The number of carbonyl (C=O) groups is 2. The van der Waals surface area contributed by atoms with Gasteiger partial charge in [0.25, 0.3) is 0 Å². The van der Waals surface area contributed by atoms with Crippen LogP contribution in [0.5, 0.6) is 0 Å². The van der Waals surface area contributed by atoms with Gasteiger partial charge in [0.15, 0.2) is 0 Å². The second-order valence-electron chi connectivity index (χ2n) is 5.30. The molecule has 0 radical (unpaired) electrons. The molecule has 0 spiro atoms. The summed E-state index contributed by atoms with van der Waals surface area (Å²) in [5.74, 6) is -0.485. The maximum atomic E-state index is 11.9. The first kappa shape index (κ1) is 18.4. The van der Waals surface area contributed by atoms with Crippen LogP contribution in [-0.4, -0.2) is 18.0 Å². The Bertz CT molecular complexity index is 771. The van der Waals surface area contributed by atoms with Crippen LogP contribution >= 0.6 is 27.3 Å². The van der Waals surface area contributed by atoms with E-state index in [9.17, 15) is 9.59 Å². The highest BCUT2D eigenvalue weighted by Crippen LogP contribution is 2.20. The predicted octanol–water partition coefficient (Wildman–Crippen LogP) is 4.00. The third-order valence-electron chi connectivity index (χ3n) is 3.21. The highest BCUT2D eigenvalue weighted by molar-refractivity contribution is 9.11. The van der Waals surface area contributed by atoms with Crippen LogP contribution in [-0.2, 0) is 9.59 Å². The van der Waals surface area contributed by atoms with E-state index in [1.807, 2.05) is 44.2 Å². The molecule has 0 aliphatic rings. The summed E-state index contributed by atoms with van der Waals surface area (Å²) in [7, 11) is 0. The molecule has 0 fully saturated rings. The zero-order chi connectivity index (χ0) is 17.5. The molecular formula is C17H18BrN3O2S. The van der Waals surface area contributed by atoms with Gasteiger partial charge in [-0.15, -0.1) is 11.3 Å². The minimum Gasteiger partial charge on any atom is -0.326 e. The van der Waals surface area contributed by atoms with Gasteiger partial charge in [0, 0.05) is 23.4 Å². The van der Waals surface area contributed by atoms with Gasteiger partial charge in [-0.25, -0.2) is 5.43 Å². The fourth-order valence-electron chi connectivity index (χ4n) is 2.02. The Balaban J connectivity index is 1.74.